The summed E-state index contributed by atoms with van der Waals surface area (Å²) in [6, 6.07) is 12.8. The van der Waals surface area contributed by atoms with Gasteiger partial charge in [-0.3, -0.25) is 4.90 Å². The molecule has 6 heteroatoms. The Labute approximate surface area is 174 Å². The van der Waals surface area contributed by atoms with Crippen LogP contribution in [0.1, 0.15) is 41.3 Å². The number of ether oxygens (including phenoxy) is 1. The maximum Gasteiger partial charge on any atom is 0.416 e. The number of aromatic nitrogens is 1. The number of fused-ring (bicyclic) bond motifs is 6. The van der Waals surface area contributed by atoms with Gasteiger partial charge in [-0.2, -0.15) is 13.2 Å². The highest BCUT2D eigenvalue weighted by molar-refractivity contribution is 5.88. The van der Waals surface area contributed by atoms with Crippen LogP contribution in [0.5, 0.6) is 5.75 Å². The van der Waals surface area contributed by atoms with Crippen LogP contribution in [0.4, 0.5) is 13.2 Å². The predicted octanol–water partition coefficient (Wildman–Crippen LogP) is 5.60. The van der Waals surface area contributed by atoms with Crippen LogP contribution < -0.4 is 4.74 Å². The Morgan fingerprint density at radius 3 is 2.70 bits per heavy atom. The molecule has 2 aliphatic heterocycles. The number of alkyl halides is 3. The highest BCUT2D eigenvalue weighted by atomic mass is 19.4. The van der Waals surface area contributed by atoms with Crippen LogP contribution in [0.3, 0.4) is 0 Å². The second-order valence-electron chi connectivity index (χ2n) is 8.46. The van der Waals surface area contributed by atoms with Crippen molar-refractivity contribution < 1.29 is 17.9 Å². The monoisotopic (exact) mass is 414 g/mol. The summed E-state index contributed by atoms with van der Waals surface area (Å²) in [5.74, 6) is 0.836. The van der Waals surface area contributed by atoms with Gasteiger partial charge in [0.15, 0.2) is 0 Å². The molecule has 3 nitrogen and oxygen atoms in total. The highest BCUT2D eigenvalue weighted by Gasteiger charge is 2.40. The summed E-state index contributed by atoms with van der Waals surface area (Å²) in [7, 11) is 3.88. The molecular weight excluding hydrogens is 389 g/mol. The molecule has 1 aromatic heterocycles. The lowest BCUT2D eigenvalue weighted by Crippen LogP contribution is -2.34. The number of likely N-dealkylation sites (N-methyl/N-ethyl adjacent to an activating group) is 1. The molecule has 3 heterocycles. The Morgan fingerprint density at radius 1 is 1.10 bits per heavy atom. The largest absolute Gasteiger partial charge is 0.497 e. The number of aryl methyl sites for hydroxylation is 2. The molecule has 2 bridgehead atoms. The van der Waals surface area contributed by atoms with Crippen LogP contribution in [-0.4, -0.2) is 29.7 Å². The van der Waals surface area contributed by atoms with Crippen molar-refractivity contribution in [1.82, 2.24) is 9.47 Å². The highest BCUT2D eigenvalue weighted by Crippen LogP contribution is 2.47. The number of hydrogen-bond acceptors (Lipinski definition) is 2. The Morgan fingerprint density at radius 2 is 1.93 bits per heavy atom. The van der Waals surface area contributed by atoms with Gasteiger partial charge in [0.05, 0.1) is 12.7 Å². The molecule has 30 heavy (non-hydrogen) atoms. The van der Waals surface area contributed by atoms with Crippen LogP contribution >= 0.6 is 0 Å². The molecule has 0 N–H and O–H groups in total. The third-order valence-electron chi connectivity index (χ3n) is 6.90. The molecule has 0 amide bonds. The summed E-state index contributed by atoms with van der Waals surface area (Å²) in [6.07, 6.45) is -0.415. The van der Waals surface area contributed by atoms with Gasteiger partial charge in [-0.15, -0.1) is 0 Å². The van der Waals surface area contributed by atoms with Crippen molar-refractivity contribution in [3.8, 4) is 5.75 Å². The van der Waals surface area contributed by atoms with E-state index in [9.17, 15) is 13.2 Å². The Balaban J connectivity index is 1.55. The molecule has 0 aliphatic carbocycles. The summed E-state index contributed by atoms with van der Waals surface area (Å²) in [6.45, 7) is 0.669. The normalized spacial score (nSPS) is 21.2. The second-order valence-corrected chi connectivity index (χ2v) is 8.46. The summed E-state index contributed by atoms with van der Waals surface area (Å²) in [4.78, 5) is 2.48. The zero-order valence-electron chi connectivity index (χ0n) is 17.2. The van der Waals surface area contributed by atoms with Crippen molar-refractivity contribution in [2.45, 2.75) is 50.5 Å². The van der Waals surface area contributed by atoms with Gasteiger partial charge >= 0.3 is 6.18 Å². The number of rotatable bonds is 4. The molecule has 2 atom stereocenters. The van der Waals surface area contributed by atoms with Gasteiger partial charge in [0.2, 0.25) is 0 Å². The Hall–Kier alpha value is -2.47. The molecular formula is C24H25F3N2O. The van der Waals surface area contributed by atoms with E-state index in [4.69, 9.17) is 4.74 Å². The number of halogens is 3. The first-order valence-corrected chi connectivity index (χ1v) is 10.4. The van der Waals surface area contributed by atoms with Crippen molar-refractivity contribution in [2.75, 3.05) is 14.2 Å². The second kappa shape index (κ2) is 7.05. The Kier molecular flexibility index (Phi) is 4.58. The smallest absolute Gasteiger partial charge is 0.416 e. The molecule has 158 valence electrons. The fraction of sp³-hybridized carbons (Fsp3) is 0.417. The van der Waals surface area contributed by atoms with Crippen molar-refractivity contribution in [3.63, 3.8) is 0 Å². The van der Waals surface area contributed by atoms with E-state index in [1.165, 1.54) is 35.2 Å². The lowest BCUT2D eigenvalue weighted by atomic mass is 9.97. The van der Waals surface area contributed by atoms with E-state index in [1.807, 2.05) is 6.07 Å². The molecule has 0 spiro atoms. The third-order valence-corrected chi connectivity index (χ3v) is 6.90. The zero-order chi connectivity index (χ0) is 21.0. The minimum atomic E-state index is -4.31. The van der Waals surface area contributed by atoms with E-state index in [2.05, 4.69) is 28.6 Å². The quantitative estimate of drug-likeness (QED) is 0.553. The summed E-state index contributed by atoms with van der Waals surface area (Å²) >= 11 is 0. The molecule has 1 saturated heterocycles. The lowest BCUT2D eigenvalue weighted by molar-refractivity contribution is -0.137. The van der Waals surface area contributed by atoms with Crippen LogP contribution in [-0.2, 0) is 25.6 Å². The average Bonchev–Trinajstić information content (AvgIpc) is 3.15. The summed E-state index contributed by atoms with van der Waals surface area (Å²) in [5, 5.41) is 1.21. The molecule has 0 unspecified atom stereocenters. The number of hydrogen-bond donors (Lipinski definition) is 0. The molecule has 1 fully saturated rings. The Bertz CT molecular complexity index is 1100. The van der Waals surface area contributed by atoms with Gasteiger partial charge in [-0.05, 0) is 61.7 Å². The molecule has 5 rings (SSSR count). The standard InChI is InChI=1S/C24H25F3N2O/c1-28-17-6-8-21(28)23-19-14-18(30-2)7-9-20(19)29(22(23)13-17)11-10-15-4-3-5-16(12-15)24(25,26)27/h3-5,7,9,12,14,17,21H,6,8,10-11,13H2,1-2H3/t17-,21+/m0/s1. The van der Waals surface area contributed by atoms with Crippen LogP contribution in [0.2, 0.25) is 0 Å². The zero-order valence-corrected chi connectivity index (χ0v) is 17.2. The number of nitrogens with zero attached hydrogens (tertiary/aromatic N) is 2. The number of benzene rings is 2. The number of methoxy groups -OCH3 is 1. The first kappa shape index (κ1) is 19.5. The van der Waals surface area contributed by atoms with Gasteiger partial charge < -0.3 is 9.30 Å². The maximum absolute atomic E-state index is 13.1. The minimum absolute atomic E-state index is 0.406. The van der Waals surface area contributed by atoms with Gasteiger partial charge in [-0.25, -0.2) is 0 Å². The van der Waals surface area contributed by atoms with E-state index < -0.39 is 11.7 Å². The van der Waals surface area contributed by atoms with E-state index >= 15 is 0 Å². The summed E-state index contributed by atoms with van der Waals surface area (Å²) in [5.41, 5.74) is 4.00. The van der Waals surface area contributed by atoms with Crippen molar-refractivity contribution in [1.29, 1.82) is 0 Å². The topological polar surface area (TPSA) is 17.4 Å². The van der Waals surface area contributed by atoms with Crippen LogP contribution in [0, 0.1) is 0 Å². The fourth-order valence-electron chi connectivity index (χ4n) is 5.36. The van der Waals surface area contributed by atoms with E-state index in [0.29, 0.717) is 30.6 Å². The van der Waals surface area contributed by atoms with Gasteiger partial charge in [-0.1, -0.05) is 18.2 Å². The van der Waals surface area contributed by atoms with Gasteiger partial charge in [0.25, 0.3) is 0 Å². The van der Waals surface area contributed by atoms with E-state index in [-0.39, 0.29) is 0 Å². The van der Waals surface area contributed by atoms with Crippen LogP contribution in [0.15, 0.2) is 42.5 Å². The van der Waals surface area contributed by atoms with E-state index in [0.717, 1.165) is 30.2 Å². The summed E-state index contributed by atoms with van der Waals surface area (Å²) < 4.78 is 47.1. The van der Waals surface area contributed by atoms with Gasteiger partial charge in [0.1, 0.15) is 5.75 Å². The minimum Gasteiger partial charge on any atom is -0.497 e. The molecule has 0 saturated carbocycles. The average molecular weight is 414 g/mol. The maximum atomic E-state index is 13.1. The van der Waals surface area contributed by atoms with Crippen molar-refractivity contribution in [3.05, 3.63) is 64.8 Å². The molecule has 3 aromatic rings. The van der Waals surface area contributed by atoms with E-state index in [1.54, 1.807) is 13.2 Å². The first-order valence-electron chi connectivity index (χ1n) is 10.4. The van der Waals surface area contributed by atoms with Crippen LogP contribution in [0.25, 0.3) is 10.9 Å². The fourth-order valence-corrected chi connectivity index (χ4v) is 5.36. The molecule has 2 aromatic carbocycles. The molecule has 0 radical (unpaired) electrons. The SMILES string of the molecule is COc1ccc2c(c1)c1c(n2CCc2cccc(C(F)(F)F)c2)C[C@@H]2CC[C@H]1N2C. The predicted molar refractivity (Wildman–Crippen MR) is 111 cm³/mol. The molecule has 2 aliphatic rings. The lowest BCUT2D eigenvalue weighted by Gasteiger charge is -2.32. The van der Waals surface area contributed by atoms with Crippen molar-refractivity contribution >= 4 is 10.9 Å². The first-order chi connectivity index (χ1) is 14.4. The van der Waals surface area contributed by atoms with Crippen molar-refractivity contribution in [2.24, 2.45) is 0 Å². The van der Waals surface area contributed by atoms with Gasteiger partial charge in [0, 0.05) is 41.6 Å². The third kappa shape index (κ3) is 3.09.